The molecule has 1 aliphatic carbocycles. The molecule has 1 unspecified atom stereocenters. The van der Waals surface area contributed by atoms with Crippen molar-refractivity contribution in [3.05, 3.63) is 82.3 Å². The van der Waals surface area contributed by atoms with E-state index in [2.05, 4.69) is 36.7 Å². The molecule has 0 radical (unpaired) electrons. The smallest absolute Gasteiger partial charge is 0.322 e. The van der Waals surface area contributed by atoms with E-state index in [0.29, 0.717) is 46.5 Å². The van der Waals surface area contributed by atoms with E-state index in [1.54, 1.807) is 24.4 Å². The van der Waals surface area contributed by atoms with Crippen molar-refractivity contribution >= 4 is 69.6 Å². The van der Waals surface area contributed by atoms with Gasteiger partial charge in [-0.05, 0) is 94.5 Å². The number of urea groups is 1. The number of benzene rings is 2. The molecule has 4 aliphatic heterocycles. The van der Waals surface area contributed by atoms with Crippen molar-refractivity contribution in [3.8, 4) is 0 Å². The summed E-state index contributed by atoms with van der Waals surface area (Å²) < 4.78 is 0. The summed E-state index contributed by atoms with van der Waals surface area (Å²) in [6, 6.07) is 13.8. The van der Waals surface area contributed by atoms with E-state index >= 15 is 0 Å². The first kappa shape index (κ1) is 40.3. The molecule has 4 amide bonds. The molecule has 15 heteroatoms. The number of ketones is 2. The average Bonchev–Trinajstić information content (AvgIpc) is 3.49. The van der Waals surface area contributed by atoms with E-state index in [-0.39, 0.29) is 48.9 Å². The third kappa shape index (κ3) is 8.36. The fraction of sp³-hybridized carbons (Fsp3) is 0.477. The molecule has 0 bridgehead atoms. The lowest BCUT2D eigenvalue weighted by atomic mass is 9.92. The summed E-state index contributed by atoms with van der Waals surface area (Å²) in [7, 11) is 0. The second-order valence-electron chi connectivity index (χ2n) is 16.6. The minimum absolute atomic E-state index is 0.0363. The number of rotatable bonds is 8. The van der Waals surface area contributed by atoms with Crippen molar-refractivity contribution in [2.24, 2.45) is 5.92 Å². The number of carbonyl (C=O) groups excluding carboxylic acids is 5. The number of pyridine rings is 1. The molecule has 4 fully saturated rings. The van der Waals surface area contributed by atoms with Crippen LogP contribution in [0.2, 0.25) is 5.02 Å². The van der Waals surface area contributed by atoms with E-state index in [4.69, 9.17) is 23.2 Å². The van der Waals surface area contributed by atoms with Crippen LogP contribution in [0.5, 0.6) is 0 Å². The monoisotopic (exact) mass is 819 g/mol. The predicted molar refractivity (Wildman–Crippen MR) is 227 cm³/mol. The number of nitrogens with zero attached hydrogens (tertiary/aromatic N) is 8. The Balaban J connectivity index is 0.758. The van der Waals surface area contributed by atoms with E-state index in [1.165, 1.54) is 0 Å². The highest BCUT2D eigenvalue weighted by molar-refractivity contribution is 6.33. The van der Waals surface area contributed by atoms with Gasteiger partial charge >= 0.3 is 6.03 Å². The number of hydrogen-bond acceptors (Lipinski definition) is 10. The van der Waals surface area contributed by atoms with Gasteiger partial charge in [0.05, 0.1) is 42.0 Å². The lowest BCUT2D eigenvalue weighted by molar-refractivity contribution is -0.132. The van der Waals surface area contributed by atoms with Gasteiger partial charge in [-0.1, -0.05) is 17.7 Å². The maximum atomic E-state index is 13.4. The van der Waals surface area contributed by atoms with E-state index in [0.717, 1.165) is 87.2 Å². The Bertz CT molecular complexity index is 2180. The topological polar surface area (TPSA) is 134 Å². The number of fused-ring (bicyclic) bond motifs is 1. The standard InChI is InChI=1S/C44H50ClN9O5/c1-28-27-53(29(2)26-52(28)33-6-9-38(46-3)37(45)23-33)44(59)48-31-4-11-41(47-25-31)51-16-13-30(14-17-51)12-15-49-18-20-50(21-19-49)32-5-8-35-36(22-32)43(58)54(42(35)57)39-10-7-34(55)24-40(39)56/h4-6,8-9,11,22-23,25,28-30,39H,7,10,12-21,24,26-27H2,1-2H3,(H,48,59)/t28-,29+,39?/m0/s1. The minimum Gasteiger partial charge on any atom is -0.369 e. The second-order valence-corrected chi connectivity index (χ2v) is 17.0. The van der Waals surface area contributed by atoms with Crippen LogP contribution < -0.4 is 20.0 Å². The quantitative estimate of drug-likeness (QED) is 0.161. The van der Waals surface area contributed by atoms with Crippen molar-refractivity contribution < 1.29 is 24.0 Å². The van der Waals surface area contributed by atoms with Crippen LogP contribution in [0.25, 0.3) is 4.85 Å². The highest BCUT2D eigenvalue weighted by Gasteiger charge is 2.44. The zero-order valence-electron chi connectivity index (χ0n) is 33.6. The van der Waals surface area contributed by atoms with Gasteiger partial charge in [0.15, 0.2) is 5.78 Å². The number of amides is 4. The van der Waals surface area contributed by atoms with Gasteiger partial charge in [-0.15, -0.1) is 0 Å². The van der Waals surface area contributed by atoms with Gasteiger partial charge in [-0.2, -0.15) is 0 Å². The molecular weight excluding hydrogens is 770 g/mol. The minimum atomic E-state index is -0.860. The number of piperazine rings is 2. The summed E-state index contributed by atoms with van der Waals surface area (Å²) in [6.07, 6.45) is 5.25. The van der Waals surface area contributed by atoms with Crippen LogP contribution in [0, 0.1) is 12.5 Å². The molecule has 1 aromatic heterocycles. The van der Waals surface area contributed by atoms with Crippen molar-refractivity contribution in [1.29, 1.82) is 0 Å². The Hall–Kier alpha value is -5.52. The third-order valence-electron chi connectivity index (χ3n) is 12.8. The summed E-state index contributed by atoms with van der Waals surface area (Å²) in [4.78, 5) is 84.5. The van der Waals surface area contributed by atoms with Gasteiger partial charge < -0.3 is 24.9 Å². The fourth-order valence-corrected chi connectivity index (χ4v) is 9.50. The number of nitrogens with one attached hydrogen (secondary N) is 1. The Morgan fingerprint density at radius 3 is 2.29 bits per heavy atom. The number of halogens is 1. The molecule has 1 saturated carbocycles. The number of aromatic nitrogens is 1. The highest BCUT2D eigenvalue weighted by Crippen LogP contribution is 2.34. The zero-order chi connectivity index (χ0) is 41.4. The molecule has 8 rings (SSSR count). The maximum Gasteiger partial charge on any atom is 0.322 e. The summed E-state index contributed by atoms with van der Waals surface area (Å²) in [5.74, 6) is 0.168. The SMILES string of the molecule is [C-]#[N+]c1ccc(N2C[C@@H](C)N(C(=O)Nc3ccc(N4CCC(CCN5CCN(c6ccc7c(c6)C(=O)N(C6CCC(=O)CC6=O)C7=O)CC5)CC4)nc3)C[C@@H]2C)cc1Cl. The number of Topliss-reactive ketones (excluding diaryl/α,β-unsaturated/α-hetero) is 2. The fourth-order valence-electron chi connectivity index (χ4n) is 9.28. The maximum absolute atomic E-state index is 13.4. The highest BCUT2D eigenvalue weighted by atomic mass is 35.5. The molecule has 59 heavy (non-hydrogen) atoms. The van der Waals surface area contributed by atoms with Gasteiger partial charge in [-0.3, -0.25) is 29.0 Å². The van der Waals surface area contributed by atoms with Crippen molar-refractivity contribution in [1.82, 2.24) is 19.7 Å². The molecule has 3 atom stereocenters. The number of hydrogen-bond donors (Lipinski definition) is 1. The van der Waals surface area contributed by atoms with Crippen molar-refractivity contribution in [2.75, 3.05) is 78.9 Å². The third-order valence-corrected chi connectivity index (χ3v) is 13.1. The van der Waals surface area contributed by atoms with E-state index in [1.807, 2.05) is 42.2 Å². The first-order valence-corrected chi connectivity index (χ1v) is 21.1. The van der Waals surface area contributed by atoms with Gasteiger partial charge in [0.2, 0.25) is 5.69 Å². The van der Waals surface area contributed by atoms with Crippen molar-refractivity contribution in [3.63, 3.8) is 0 Å². The summed E-state index contributed by atoms with van der Waals surface area (Å²) >= 11 is 6.31. The first-order valence-electron chi connectivity index (χ1n) is 20.7. The summed E-state index contributed by atoms with van der Waals surface area (Å²) in [5, 5.41) is 3.48. The molecular formula is C44H50ClN9O5. The Kier molecular flexibility index (Phi) is 11.6. The molecule has 3 saturated heterocycles. The van der Waals surface area contributed by atoms with Crippen LogP contribution in [0.1, 0.15) is 73.1 Å². The second kappa shape index (κ2) is 17.0. The molecule has 14 nitrogen and oxygen atoms in total. The van der Waals surface area contributed by atoms with Crippen LogP contribution in [0.4, 0.5) is 33.4 Å². The van der Waals surface area contributed by atoms with Crippen LogP contribution in [-0.2, 0) is 9.59 Å². The van der Waals surface area contributed by atoms with Gasteiger partial charge in [-0.25, -0.2) is 14.6 Å². The van der Waals surface area contributed by atoms with E-state index in [9.17, 15) is 24.0 Å². The molecule has 5 heterocycles. The largest absolute Gasteiger partial charge is 0.369 e. The normalized spacial score (nSPS) is 23.2. The lowest BCUT2D eigenvalue weighted by Gasteiger charge is -2.45. The molecule has 5 aliphatic rings. The summed E-state index contributed by atoms with van der Waals surface area (Å²) in [6.45, 7) is 19.0. The number of piperidine rings is 1. The van der Waals surface area contributed by atoms with Gasteiger partial charge in [0.1, 0.15) is 11.6 Å². The van der Waals surface area contributed by atoms with Crippen LogP contribution in [0.15, 0.2) is 54.7 Å². The molecule has 1 N–H and O–H groups in total. The molecule has 3 aromatic rings. The van der Waals surface area contributed by atoms with Gasteiger partial charge in [0, 0.05) is 87.3 Å². The Labute approximate surface area is 349 Å². The number of imide groups is 1. The lowest BCUT2D eigenvalue weighted by Crippen LogP contribution is -2.59. The van der Waals surface area contributed by atoms with Crippen LogP contribution >= 0.6 is 11.6 Å². The molecule has 2 aromatic carbocycles. The van der Waals surface area contributed by atoms with Crippen molar-refractivity contribution in [2.45, 2.75) is 70.5 Å². The number of carbonyl (C=O) groups is 5. The van der Waals surface area contributed by atoms with Crippen LogP contribution in [-0.4, -0.2) is 126 Å². The van der Waals surface area contributed by atoms with Gasteiger partial charge in [0.25, 0.3) is 11.8 Å². The molecule has 308 valence electrons. The van der Waals surface area contributed by atoms with Crippen LogP contribution in [0.3, 0.4) is 0 Å². The Morgan fingerprint density at radius 2 is 1.59 bits per heavy atom. The zero-order valence-corrected chi connectivity index (χ0v) is 34.4. The number of anilines is 4. The summed E-state index contributed by atoms with van der Waals surface area (Å²) in [5.41, 5.74) is 3.60. The first-order chi connectivity index (χ1) is 28.5. The molecule has 0 spiro atoms. The Morgan fingerprint density at radius 1 is 0.847 bits per heavy atom. The van der Waals surface area contributed by atoms with E-state index < -0.39 is 17.9 Å². The average molecular weight is 820 g/mol. The predicted octanol–water partition coefficient (Wildman–Crippen LogP) is 6.13.